The molecule has 2 aromatic rings. The fourth-order valence-corrected chi connectivity index (χ4v) is 5.15. The number of fused-ring (bicyclic) bond motifs is 1. The summed E-state index contributed by atoms with van der Waals surface area (Å²) in [5, 5.41) is 2.45. The minimum atomic E-state index is 0.0256. The zero-order valence-corrected chi connectivity index (χ0v) is 12.9. The minimum absolute atomic E-state index is 0.0256. The Hall–Kier alpha value is -1.48. The van der Waals surface area contributed by atoms with Crippen molar-refractivity contribution >= 4 is 34.1 Å². The summed E-state index contributed by atoms with van der Waals surface area (Å²) in [6.07, 6.45) is 6.06. The number of hydrogen-bond donors (Lipinski definition) is 0. The van der Waals surface area contributed by atoms with E-state index in [1.54, 1.807) is 0 Å². The third kappa shape index (κ3) is 2.15. The molecule has 1 spiro atoms. The van der Waals surface area contributed by atoms with Gasteiger partial charge in [-0.1, -0.05) is 49.6 Å². The fourth-order valence-electron chi connectivity index (χ4n) is 3.72. The average Bonchev–Trinajstić information content (AvgIpc) is 2.84. The predicted octanol–water partition coefficient (Wildman–Crippen LogP) is 4.58. The summed E-state index contributed by atoms with van der Waals surface area (Å²) >= 11 is 1.86. The second kappa shape index (κ2) is 5.06. The van der Waals surface area contributed by atoms with Gasteiger partial charge in [-0.15, -0.1) is 11.8 Å². The van der Waals surface area contributed by atoms with E-state index in [0.717, 1.165) is 18.5 Å². The minimum Gasteiger partial charge on any atom is -0.296 e. The first-order valence-electron chi connectivity index (χ1n) is 7.74. The zero-order chi connectivity index (χ0) is 14.3. The molecule has 21 heavy (non-hydrogen) atoms. The number of carbonyl (C=O) groups is 1. The van der Waals surface area contributed by atoms with Gasteiger partial charge in [-0.25, -0.2) is 0 Å². The fraction of sp³-hybridized carbons (Fsp3) is 0.389. The molecule has 3 heteroatoms. The van der Waals surface area contributed by atoms with Gasteiger partial charge in [-0.3, -0.25) is 9.69 Å². The summed E-state index contributed by atoms with van der Waals surface area (Å²) in [5.41, 5.74) is 1.07. The van der Waals surface area contributed by atoms with Crippen LogP contribution in [0.5, 0.6) is 0 Å². The van der Waals surface area contributed by atoms with Crippen molar-refractivity contribution in [3.05, 3.63) is 42.5 Å². The Kier molecular flexibility index (Phi) is 3.18. The number of anilines is 1. The molecule has 1 aliphatic heterocycles. The van der Waals surface area contributed by atoms with Crippen LogP contribution < -0.4 is 4.90 Å². The molecule has 1 saturated heterocycles. The molecule has 108 valence electrons. The van der Waals surface area contributed by atoms with Crippen LogP contribution in [-0.4, -0.2) is 16.5 Å². The van der Waals surface area contributed by atoms with Crippen LogP contribution in [0.3, 0.4) is 0 Å². The highest BCUT2D eigenvalue weighted by Gasteiger charge is 2.47. The van der Waals surface area contributed by atoms with Crippen molar-refractivity contribution in [2.75, 3.05) is 10.7 Å². The van der Waals surface area contributed by atoms with E-state index in [0.29, 0.717) is 5.75 Å². The molecule has 0 N–H and O–H groups in total. The average molecular weight is 297 g/mol. The van der Waals surface area contributed by atoms with E-state index in [1.165, 1.54) is 30.0 Å². The second-order valence-electron chi connectivity index (χ2n) is 6.06. The molecule has 0 bridgehead atoms. The lowest BCUT2D eigenvalue weighted by Gasteiger charge is -2.40. The van der Waals surface area contributed by atoms with E-state index in [9.17, 15) is 4.79 Å². The highest BCUT2D eigenvalue weighted by molar-refractivity contribution is 8.02. The number of amides is 1. The molecule has 0 radical (unpaired) electrons. The van der Waals surface area contributed by atoms with Gasteiger partial charge in [0, 0.05) is 5.69 Å². The van der Waals surface area contributed by atoms with Crippen molar-refractivity contribution in [2.24, 2.45) is 0 Å². The Balaban J connectivity index is 1.79. The number of thioether (sulfide) groups is 1. The van der Waals surface area contributed by atoms with Gasteiger partial charge in [0.15, 0.2) is 0 Å². The van der Waals surface area contributed by atoms with E-state index in [4.69, 9.17) is 0 Å². The van der Waals surface area contributed by atoms with Gasteiger partial charge in [0.1, 0.15) is 0 Å². The molecule has 1 aliphatic carbocycles. The van der Waals surface area contributed by atoms with E-state index < -0.39 is 0 Å². The molecule has 0 aromatic heterocycles. The van der Waals surface area contributed by atoms with Gasteiger partial charge >= 0.3 is 0 Å². The molecule has 0 atom stereocenters. The molecule has 0 unspecified atom stereocenters. The van der Waals surface area contributed by atoms with Gasteiger partial charge in [-0.2, -0.15) is 0 Å². The summed E-state index contributed by atoms with van der Waals surface area (Å²) in [7, 11) is 0. The van der Waals surface area contributed by atoms with Crippen LogP contribution >= 0.6 is 11.8 Å². The van der Waals surface area contributed by atoms with Gasteiger partial charge < -0.3 is 0 Å². The first-order chi connectivity index (χ1) is 10.3. The summed E-state index contributed by atoms with van der Waals surface area (Å²) in [6, 6.07) is 14.8. The van der Waals surface area contributed by atoms with Crippen LogP contribution in [0.2, 0.25) is 0 Å². The highest BCUT2D eigenvalue weighted by Crippen LogP contribution is 2.49. The zero-order valence-electron chi connectivity index (χ0n) is 12.0. The van der Waals surface area contributed by atoms with Crippen LogP contribution in [0.15, 0.2) is 42.5 Å². The van der Waals surface area contributed by atoms with Gasteiger partial charge in [0.05, 0.1) is 10.6 Å². The Morgan fingerprint density at radius 3 is 2.52 bits per heavy atom. The molecule has 1 amide bonds. The Morgan fingerprint density at radius 2 is 1.71 bits per heavy atom. The molecular weight excluding hydrogens is 278 g/mol. The summed E-state index contributed by atoms with van der Waals surface area (Å²) in [4.78, 5) is 14.6. The highest BCUT2D eigenvalue weighted by atomic mass is 32.2. The van der Waals surface area contributed by atoms with Crippen molar-refractivity contribution in [1.29, 1.82) is 0 Å². The maximum absolute atomic E-state index is 12.5. The van der Waals surface area contributed by atoms with E-state index in [2.05, 4.69) is 47.4 Å². The van der Waals surface area contributed by atoms with Crippen LogP contribution in [0.25, 0.3) is 10.8 Å². The van der Waals surface area contributed by atoms with Crippen LogP contribution in [-0.2, 0) is 4.79 Å². The SMILES string of the molecule is O=C1CSC2(CCCCC2)N1c1ccc2ccccc2c1. The van der Waals surface area contributed by atoms with Gasteiger partial charge in [0.25, 0.3) is 0 Å². The topological polar surface area (TPSA) is 20.3 Å². The standard InChI is InChI=1S/C18H19NOS/c20-17-13-21-18(10-4-1-5-11-18)19(17)16-9-8-14-6-2-3-7-15(14)12-16/h2-3,6-9,12H,1,4-5,10-11,13H2. The van der Waals surface area contributed by atoms with E-state index >= 15 is 0 Å². The third-order valence-electron chi connectivity index (χ3n) is 4.75. The van der Waals surface area contributed by atoms with Crippen molar-refractivity contribution in [1.82, 2.24) is 0 Å². The lowest BCUT2D eigenvalue weighted by Crippen LogP contribution is -2.45. The molecule has 2 nitrogen and oxygen atoms in total. The molecular formula is C18H19NOS. The van der Waals surface area contributed by atoms with E-state index in [1.807, 2.05) is 11.8 Å². The quantitative estimate of drug-likeness (QED) is 0.768. The van der Waals surface area contributed by atoms with Crippen LogP contribution in [0.4, 0.5) is 5.69 Å². The monoisotopic (exact) mass is 297 g/mol. The molecule has 1 saturated carbocycles. The summed E-state index contributed by atoms with van der Waals surface area (Å²) in [5.74, 6) is 0.907. The maximum Gasteiger partial charge on any atom is 0.238 e. The summed E-state index contributed by atoms with van der Waals surface area (Å²) < 4.78 is 0. The second-order valence-corrected chi connectivity index (χ2v) is 7.39. The first-order valence-corrected chi connectivity index (χ1v) is 8.73. The van der Waals surface area contributed by atoms with Gasteiger partial charge in [-0.05, 0) is 35.7 Å². The summed E-state index contributed by atoms with van der Waals surface area (Å²) in [6.45, 7) is 0. The van der Waals surface area contributed by atoms with Crippen molar-refractivity contribution in [3.63, 3.8) is 0 Å². The van der Waals surface area contributed by atoms with E-state index in [-0.39, 0.29) is 10.8 Å². The largest absolute Gasteiger partial charge is 0.296 e. The Labute approximate surface area is 129 Å². The smallest absolute Gasteiger partial charge is 0.238 e. The number of carbonyl (C=O) groups excluding carboxylic acids is 1. The number of benzene rings is 2. The first kappa shape index (κ1) is 13.2. The lowest BCUT2D eigenvalue weighted by atomic mass is 9.92. The Bertz CT molecular complexity index is 690. The number of hydrogen-bond acceptors (Lipinski definition) is 2. The maximum atomic E-state index is 12.5. The molecule has 2 aromatic carbocycles. The molecule has 4 rings (SSSR count). The third-order valence-corrected chi connectivity index (χ3v) is 6.27. The van der Waals surface area contributed by atoms with Crippen molar-refractivity contribution in [2.45, 2.75) is 37.0 Å². The molecule has 1 heterocycles. The van der Waals surface area contributed by atoms with Gasteiger partial charge in [0.2, 0.25) is 5.91 Å². The lowest BCUT2D eigenvalue weighted by molar-refractivity contribution is -0.116. The molecule has 2 fully saturated rings. The van der Waals surface area contributed by atoms with Crippen molar-refractivity contribution < 1.29 is 4.79 Å². The molecule has 2 aliphatic rings. The number of rotatable bonds is 1. The number of nitrogens with zero attached hydrogens (tertiary/aromatic N) is 1. The Morgan fingerprint density at radius 1 is 0.952 bits per heavy atom. The van der Waals surface area contributed by atoms with Crippen molar-refractivity contribution in [3.8, 4) is 0 Å². The normalized spacial score (nSPS) is 21.3. The predicted molar refractivity (Wildman–Crippen MR) is 89.7 cm³/mol. The van der Waals surface area contributed by atoms with Crippen LogP contribution in [0, 0.1) is 0 Å². The van der Waals surface area contributed by atoms with Crippen LogP contribution in [0.1, 0.15) is 32.1 Å².